The summed E-state index contributed by atoms with van der Waals surface area (Å²) >= 11 is 0. The third kappa shape index (κ3) is 4.93. The highest BCUT2D eigenvalue weighted by Gasteiger charge is 2.21. The molecule has 0 bridgehead atoms. The molecule has 0 radical (unpaired) electrons. The molecule has 9 rings (SSSR count). The molecule has 240 valence electrons. The highest BCUT2D eigenvalue weighted by atomic mass is 16.3. The molecule has 0 saturated heterocycles. The van der Waals surface area contributed by atoms with Crippen LogP contribution in [-0.2, 0) is 0 Å². The van der Waals surface area contributed by atoms with Gasteiger partial charge in [-0.2, -0.15) is 0 Å². The van der Waals surface area contributed by atoms with Gasteiger partial charge in [-0.05, 0) is 95.8 Å². The normalized spacial score (nSPS) is 13.5. The number of fused-ring (bicyclic) bond motifs is 7. The van der Waals surface area contributed by atoms with Gasteiger partial charge in [-0.25, -0.2) is 0 Å². The predicted octanol–water partition coefficient (Wildman–Crippen LogP) is 12.9. The van der Waals surface area contributed by atoms with Gasteiger partial charge in [0, 0.05) is 21.5 Å². The number of para-hydroxylation sites is 2. The minimum Gasteiger partial charge on any atom is -0.454 e. The fourth-order valence-corrected chi connectivity index (χ4v) is 7.48. The van der Waals surface area contributed by atoms with Crippen LogP contribution in [0, 0.1) is 0 Å². The smallest absolute Gasteiger partial charge is 0.159 e. The number of allylic oxidation sites excluding steroid dienone is 2. The van der Waals surface area contributed by atoms with Gasteiger partial charge in [-0.3, -0.25) is 4.99 Å². The Kier molecular flexibility index (Phi) is 7.21. The number of benzene rings is 7. The highest BCUT2D eigenvalue weighted by Crippen LogP contribution is 2.41. The first-order valence-electron chi connectivity index (χ1n) is 17.3. The molecule has 0 saturated carbocycles. The van der Waals surface area contributed by atoms with Gasteiger partial charge in [0.15, 0.2) is 5.58 Å². The molecular formula is C47H36N2O. The van der Waals surface area contributed by atoms with Gasteiger partial charge in [0.1, 0.15) is 5.58 Å². The topological polar surface area (TPSA) is 30.4 Å². The molecule has 0 N–H and O–H groups in total. The van der Waals surface area contributed by atoms with E-state index in [1.165, 1.54) is 32.7 Å². The van der Waals surface area contributed by atoms with E-state index in [2.05, 4.69) is 177 Å². The zero-order valence-electron chi connectivity index (χ0n) is 28.4. The van der Waals surface area contributed by atoms with Gasteiger partial charge in [0.05, 0.1) is 28.5 Å². The molecule has 2 aromatic heterocycles. The van der Waals surface area contributed by atoms with Crippen LogP contribution in [0.5, 0.6) is 0 Å². The van der Waals surface area contributed by atoms with Crippen molar-refractivity contribution in [1.29, 1.82) is 0 Å². The first-order chi connectivity index (χ1) is 24.5. The molecule has 3 heteroatoms. The summed E-state index contributed by atoms with van der Waals surface area (Å²) in [5.74, 6) is 0. The molecule has 0 amide bonds. The Bertz CT molecular complexity index is 2780. The summed E-state index contributed by atoms with van der Waals surface area (Å²) in [5.41, 5.74) is 11.9. The number of aliphatic imine (C=N–C) groups is 1. The highest BCUT2D eigenvalue weighted by molar-refractivity contribution is 6.18. The van der Waals surface area contributed by atoms with E-state index in [-0.39, 0.29) is 6.04 Å². The Morgan fingerprint density at radius 2 is 1.20 bits per heavy atom. The van der Waals surface area contributed by atoms with Crippen LogP contribution in [0.25, 0.3) is 65.8 Å². The van der Waals surface area contributed by atoms with E-state index in [4.69, 9.17) is 9.41 Å². The number of aromatic nitrogens is 1. The van der Waals surface area contributed by atoms with Crippen molar-refractivity contribution in [2.24, 2.45) is 4.99 Å². The predicted molar refractivity (Wildman–Crippen MR) is 212 cm³/mol. The summed E-state index contributed by atoms with van der Waals surface area (Å²) < 4.78 is 9.15. The molecule has 9 aromatic rings. The number of hydrogen-bond acceptors (Lipinski definition) is 2. The van der Waals surface area contributed by atoms with Gasteiger partial charge in [-0.15, -0.1) is 0 Å². The fraction of sp³-hybridized carbons (Fsp3) is 0.0851. The maximum atomic E-state index is 6.75. The second kappa shape index (κ2) is 12.0. The van der Waals surface area contributed by atoms with Crippen LogP contribution in [-0.4, -0.2) is 10.3 Å². The molecule has 50 heavy (non-hydrogen) atoms. The molecule has 0 aliphatic carbocycles. The van der Waals surface area contributed by atoms with Gasteiger partial charge in [0.25, 0.3) is 0 Å². The quantitative estimate of drug-likeness (QED) is 0.166. The summed E-state index contributed by atoms with van der Waals surface area (Å²) in [7, 11) is 0. The lowest BCUT2D eigenvalue weighted by atomic mass is 9.93. The van der Waals surface area contributed by atoms with E-state index < -0.39 is 0 Å². The van der Waals surface area contributed by atoms with Gasteiger partial charge in [0.2, 0.25) is 0 Å². The van der Waals surface area contributed by atoms with Crippen molar-refractivity contribution in [3.8, 4) is 5.69 Å². The largest absolute Gasteiger partial charge is 0.454 e. The first-order valence-corrected chi connectivity index (χ1v) is 17.3. The molecule has 3 nitrogen and oxygen atoms in total. The molecule has 1 unspecified atom stereocenters. The summed E-state index contributed by atoms with van der Waals surface area (Å²) in [6.07, 6.45) is 0. The Balaban J connectivity index is 1.34. The zero-order chi connectivity index (χ0) is 33.8. The number of nitrogens with zero attached hydrogens (tertiary/aromatic N) is 2. The molecule has 0 aliphatic rings. The van der Waals surface area contributed by atoms with Crippen LogP contribution in [0.4, 0.5) is 0 Å². The summed E-state index contributed by atoms with van der Waals surface area (Å²) in [5, 5.41) is 7.10. The molecule has 7 aromatic carbocycles. The molecule has 2 heterocycles. The van der Waals surface area contributed by atoms with Crippen LogP contribution in [0.1, 0.15) is 43.5 Å². The molecular weight excluding hydrogens is 609 g/mol. The molecule has 1 atom stereocenters. The van der Waals surface area contributed by atoms with Crippen molar-refractivity contribution >= 4 is 65.8 Å². The molecule has 0 fully saturated rings. The maximum absolute atomic E-state index is 6.75. The Morgan fingerprint density at radius 3 is 1.98 bits per heavy atom. The second-order valence-electron chi connectivity index (χ2n) is 13.2. The Labute approximate surface area is 291 Å². The van der Waals surface area contributed by atoms with Gasteiger partial charge < -0.3 is 8.98 Å². The summed E-state index contributed by atoms with van der Waals surface area (Å²) in [4.78, 5) is 5.38. The van der Waals surface area contributed by atoms with Crippen molar-refractivity contribution in [3.63, 3.8) is 0 Å². The summed E-state index contributed by atoms with van der Waals surface area (Å²) in [6, 6.07) is 56.1. The van der Waals surface area contributed by atoms with E-state index in [1.807, 2.05) is 6.07 Å². The van der Waals surface area contributed by atoms with Gasteiger partial charge >= 0.3 is 0 Å². The van der Waals surface area contributed by atoms with Crippen molar-refractivity contribution in [2.75, 3.05) is 0 Å². The minimum absolute atomic E-state index is 0.00237. The van der Waals surface area contributed by atoms with E-state index in [1.54, 1.807) is 0 Å². The van der Waals surface area contributed by atoms with Crippen LogP contribution < -0.4 is 0 Å². The van der Waals surface area contributed by atoms with Crippen LogP contribution in [0.2, 0.25) is 0 Å². The Morgan fingerprint density at radius 1 is 0.560 bits per heavy atom. The fourth-order valence-electron chi connectivity index (χ4n) is 7.48. The van der Waals surface area contributed by atoms with E-state index in [0.717, 1.165) is 61.1 Å². The molecule has 0 spiro atoms. The lowest BCUT2D eigenvalue weighted by Crippen LogP contribution is -2.07. The third-order valence-corrected chi connectivity index (χ3v) is 10.2. The second-order valence-corrected chi connectivity index (χ2v) is 13.2. The number of rotatable bonds is 6. The third-order valence-electron chi connectivity index (χ3n) is 10.2. The summed E-state index contributed by atoms with van der Waals surface area (Å²) in [6.45, 7) is 6.62. The van der Waals surface area contributed by atoms with E-state index in [0.29, 0.717) is 0 Å². The standard InChI is InChI=1S/C47H36N2O/c1-30(31(2)46(34-18-8-5-9-19-34)48-32(3)33-16-6-4-7-17-33)37-27-41-39-23-13-15-25-45(39)50-47(41)44(29-37)49-42-24-14-12-22-38(42)40-26-35-20-10-11-21-36(35)28-43(40)49/h4-29,32H,1-3H3/b31-30+,48-46?. The van der Waals surface area contributed by atoms with Crippen molar-refractivity contribution in [2.45, 2.75) is 26.8 Å². The van der Waals surface area contributed by atoms with Crippen molar-refractivity contribution in [1.82, 2.24) is 4.57 Å². The van der Waals surface area contributed by atoms with Crippen LogP contribution >= 0.6 is 0 Å². The van der Waals surface area contributed by atoms with E-state index >= 15 is 0 Å². The van der Waals surface area contributed by atoms with Crippen molar-refractivity contribution in [3.05, 3.63) is 180 Å². The number of hydrogen-bond donors (Lipinski definition) is 0. The molecule has 0 aliphatic heterocycles. The van der Waals surface area contributed by atoms with E-state index in [9.17, 15) is 0 Å². The maximum Gasteiger partial charge on any atom is 0.159 e. The zero-order valence-corrected chi connectivity index (χ0v) is 28.4. The monoisotopic (exact) mass is 644 g/mol. The minimum atomic E-state index is -0.00237. The van der Waals surface area contributed by atoms with Crippen LogP contribution in [0.15, 0.2) is 173 Å². The first kappa shape index (κ1) is 29.9. The average molecular weight is 645 g/mol. The SMILES string of the molecule is C/C(C(=NC(C)c1ccccc1)c1ccccc1)=C(/C)c1cc(-n2c3ccccc3c3cc4ccccc4cc32)c2oc3ccccc3c2c1. The van der Waals surface area contributed by atoms with Crippen LogP contribution in [0.3, 0.4) is 0 Å². The van der Waals surface area contributed by atoms with Gasteiger partial charge in [-0.1, -0.05) is 121 Å². The van der Waals surface area contributed by atoms with Crippen molar-refractivity contribution < 1.29 is 4.42 Å². The lowest BCUT2D eigenvalue weighted by Gasteiger charge is -2.17. The lowest BCUT2D eigenvalue weighted by molar-refractivity contribution is 0.666. The number of furan rings is 1. The Hall–Kier alpha value is -6.19. The average Bonchev–Trinajstić information content (AvgIpc) is 3.71.